The molecule has 1 N–H and O–H groups in total. The van der Waals surface area contributed by atoms with Gasteiger partial charge in [0.1, 0.15) is 31.5 Å². The van der Waals surface area contributed by atoms with Gasteiger partial charge in [-0.25, -0.2) is 18.1 Å². The number of nitrogens with one attached hydrogen (secondary N) is 1. The molecule has 4 aromatic rings. The van der Waals surface area contributed by atoms with Gasteiger partial charge in [0.15, 0.2) is 0 Å². The number of rotatable bonds is 11. The van der Waals surface area contributed by atoms with Gasteiger partial charge in [0.25, 0.3) is 10.1 Å². The minimum absolute atomic E-state index is 0.00726. The molecule has 0 radical (unpaired) electrons. The van der Waals surface area contributed by atoms with Crippen molar-refractivity contribution in [2.24, 2.45) is 0 Å². The Morgan fingerprint density at radius 3 is 1.64 bits per heavy atom. The molecule has 0 unspecified atom stereocenters. The van der Waals surface area contributed by atoms with Crippen LogP contribution in [0.4, 0.5) is 8.78 Å². The topological polar surface area (TPSA) is 160 Å². The molecule has 0 atom stereocenters. The summed E-state index contributed by atoms with van der Waals surface area (Å²) in [5.41, 5.74) is 1.30. The molecule has 0 saturated heterocycles. The van der Waals surface area contributed by atoms with Crippen molar-refractivity contribution in [1.29, 1.82) is 10.5 Å². The van der Waals surface area contributed by atoms with Crippen LogP contribution in [0, 0.1) is 41.4 Å². The minimum Gasteiger partial charge on any atom is -0.474 e. The van der Waals surface area contributed by atoms with Crippen LogP contribution in [0.3, 0.4) is 0 Å². The third-order valence-corrected chi connectivity index (χ3v) is 7.30. The standard InChI is InChI=1S/C14H14FIN4O.C13H11FIN3O4S.C2H7N/c1-19(2)3-4-21-14-13(16)9-20(18-14)12-6-10(8-17)5-11(15)7-12;1-23(19,20)22-3-2-21-13-12(15)8-18(17-13)11-5-9(7-16)4-10(14)6-11;1-3-2/h5-7,9H,3-4H2,1-2H3;4-6,8H,2-3H2,1H3;3H,1-2H3. The lowest BCUT2D eigenvalue weighted by Gasteiger charge is -2.09. The van der Waals surface area contributed by atoms with Crippen LogP contribution in [0.25, 0.3) is 11.4 Å². The Kier molecular flexibility index (Phi) is 16.4. The highest BCUT2D eigenvalue weighted by Gasteiger charge is 2.13. The summed E-state index contributed by atoms with van der Waals surface area (Å²) < 4.78 is 68.4. The lowest BCUT2D eigenvalue weighted by molar-refractivity contribution is 0.215. The van der Waals surface area contributed by atoms with E-state index in [1.807, 2.05) is 67.8 Å². The summed E-state index contributed by atoms with van der Waals surface area (Å²) in [6.45, 7) is 1.15. The normalized spacial score (nSPS) is 10.6. The maximum absolute atomic E-state index is 13.5. The molecule has 47 heavy (non-hydrogen) atoms. The molecular weight excluding hydrogens is 864 g/mol. The van der Waals surface area contributed by atoms with Crippen molar-refractivity contribution in [2.45, 2.75) is 0 Å². The van der Waals surface area contributed by atoms with E-state index in [0.29, 0.717) is 27.4 Å². The first-order valence-electron chi connectivity index (χ1n) is 13.4. The van der Waals surface area contributed by atoms with Gasteiger partial charge in [-0.3, -0.25) is 4.18 Å². The van der Waals surface area contributed by atoms with Crippen molar-refractivity contribution in [2.75, 3.05) is 60.8 Å². The number of benzene rings is 2. The van der Waals surface area contributed by atoms with Crippen LogP contribution in [0.15, 0.2) is 48.8 Å². The Bertz CT molecular complexity index is 1820. The molecule has 0 spiro atoms. The fourth-order valence-corrected chi connectivity index (χ4v) is 4.75. The Balaban J connectivity index is 0.000000303. The van der Waals surface area contributed by atoms with Crippen molar-refractivity contribution in [3.8, 4) is 35.3 Å². The van der Waals surface area contributed by atoms with Gasteiger partial charge in [-0.1, -0.05) is 0 Å². The second-order valence-corrected chi connectivity index (χ2v) is 13.6. The number of nitriles is 2. The van der Waals surface area contributed by atoms with Gasteiger partial charge in [-0.15, -0.1) is 10.2 Å². The molecule has 2 heterocycles. The Hall–Kier alpha value is -3.41. The molecule has 13 nitrogen and oxygen atoms in total. The average molecular weight is 896 g/mol. The average Bonchev–Trinajstić information content (AvgIpc) is 3.56. The molecule has 4 rings (SSSR count). The SMILES string of the molecule is CN(C)CCOc1nn(-c2cc(F)cc(C#N)c2)cc1I.CNC.CS(=O)(=O)OCCOc1nn(-c2cc(F)cc(C#N)c2)cc1I. The van der Waals surface area contributed by atoms with Gasteiger partial charge in [0.2, 0.25) is 11.8 Å². The van der Waals surface area contributed by atoms with E-state index in [0.717, 1.165) is 22.4 Å². The van der Waals surface area contributed by atoms with Gasteiger partial charge in [-0.2, -0.15) is 18.9 Å². The summed E-state index contributed by atoms with van der Waals surface area (Å²) in [7, 11) is 4.15. The van der Waals surface area contributed by atoms with E-state index in [4.69, 9.17) is 20.0 Å². The summed E-state index contributed by atoms with van der Waals surface area (Å²) in [5, 5.41) is 28.9. The fourth-order valence-electron chi connectivity index (χ4n) is 3.32. The Labute approximate surface area is 299 Å². The van der Waals surface area contributed by atoms with Gasteiger partial charge in [0, 0.05) is 18.9 Å². The first kappa shape index (κ1) is 39.8. The van der Waals surface area contributed by atoms with Crippen molar-refractivity contribution in [3.05, 3.63) is 78.7 Å². The van der Waals surface area contributed by atoms with E-state index in [1.165, 1.54) is 33.6 Å². The number of ether oxygens (including phenoxy) is 2. The van der Waals surface area contributed by atoms with Gasteiger partial charge >= 0.3 is 0 Å². The molecule has 0 amide bonds. The fraction of sp³-hybridized carbons (Fsp3) is 0.310. The summed E-state index contributed by atoms with van der Waals surface area (Å²) in [5.74, 6) is -0.260. The van der Waals surface area contributed by atoms with E-state index in [1.54, 1.807) is 18.5 Å². The zero-order valence-corrected chi connectivity index (χ0v) is 31.2. The van der Waals surface area contributed by atoms with E-state index >= 15 is 0 Å². The van der Waals surface area contributed by atoms with E-state index in [2.05, 4.69) is 42.3 Å². The maximum Gasteiger partial charge on any atom is 0.264 e. The highest BCUT2D eigenvalue weighted by molar-refractivity contribution is 14.1. The highest BCUT2D eigenvalue weighted by Crippen LogP contribution is 2.23. The first-order chi connectivity index (χ1) is 22.2. The van der Waals surface area contributed by atoms with Crippen LogP contribution in [0.5, 0.6) is 11.8 Å². The van der Waals surface area contributed by atoms with Gasteiger partial charge in [0.05, 0.1) is 48.0 Å². The smallest absolute Gasteiger partial charge is 0.264 e. The Morgan fingerprint density at radius 2 is 1.26 bits per heavy atom. The number of nitrogens with zero attached hydrogens (tertiary/aromatic N) is 7. The van der Waals surface area contributed by atoms with Gasteiger partial charge < -0.3 is 19.7 Å². The number of hydrogen-bond acceptors (Lipinski definition) is 11. The highest BCUT2D eigenvalue weighted by atomic mass is 127. The van der Waals surface area contributed by atoms with Crippen molar-refractivity contribution < 1.29 is 30.9 Å². The third-order valence-electron chi connectivity index (χ3n) is 5.23. The molecule has 0 aliphatic heterocycles. The molecule has 0 aliphatic rings. The molecule has 0 saturated carbocycles. The number of hydrogen-bond donors (Lipinski definition) is 1. The molecule has 252 valence electrons. The lowest BCUT2D eigenvalue weighted by atomic mass is 10.2. The van der Waals surface area contributed by atoms with E-state index in [9.17, 15) is 17.2 Å². The van der Waals surface area contributed by atoms with Gasteiger partial charge in [-0.05, 0) is 110 Å². The zero-order chi connectivity index (χ0) is 35.1. The predicted octanol–water partition coefficient (Wildman–Crippen LogP) is 4.11. The second kappa shape index (κ2) is 19.4. The van der Waals surface area contributed by atoms with Crippen LogP contribution in [0.2, 0.25) is 0 Å². The largest absolute Gasteiger partial charge is 0.474 e. The molecule has 0 bridgehead atoms. The lowest BCUT2D eigenvalue weighted by Crippen LogP contribution is -2.19. The van der Waals surface area contributed by atoms with Crippen LogP contribution < -0.4 is 14.8 Å². The number of halogens is 4. The van der Waals surface area contributed by atoms with E-state index < -0.39 is 21.8 Å². The summed E-state index contributed by atoms with van der Waals surface area (Å²) in [4.78, 5) is 2.01. The minimum atomic E-state index is -3.52. The zero-order valence-electron chi connectivity index (χ0n) is 26.0. The third kappa shape index (κ3) is 14.1. The monoisotopic (exact) mass is 896 g/mol. The van der Waals surface area contributed by atoms with Crippen molar-refractivity contribution in [3.63, 3.8) is 0 Å². The predicted molar refractivity (Wildman–Crippen MR) is 187 cm³/mol. The van der Waals surface area contributed by atoms with Crippen LogP contribution in [-0.4, -0.2) is 93.7 Å². The van der Waals surface area contributed by atoms with E-state index in [-0.39, 0.29) is 30.2 Å². The first-order valence-corrected chi connectivity index (χ1v) is 17.4. The van der Waals surface area contributed by atoms with Crippen LogP contribution >= 0.6 is 45.2 Å². The molecule has 18 heteroatoms. The molecule has 2 aromatic carbocycles. The van der Waals surface area contributed by atoms with Crippen LogP contribution in [-0.2, 0) is 14.3 Å². The molecular formula is C29H32F2I2N8O5S. The summed E-state index contributed by atoms with van der Waals surface area (Å²) in [6.07, 6.45) is 4.28. The number of aromatic nitrogens is 4. The molecule has 2 aromatic heterocycles. The van der Waals surface area contributed by atoms with Crippen LogP contribution in [0.1, 0.15) is 11.1 Å². The summed E-state index contributed by atoms with van der Waals surface area (Å²) >= 11 is 4.09. The maximum atomic E-state index is 13.5. The quantitative estimate of drug-likeness (QED) is 0.131. The van der Waals surface area contributed by atoms with Crippen molar-refractivity contribution in [1.82, 2.24) is 29.8 Å². The number of likely N-dealkylation sites (N-methyl/N-ethyl adjacent to an activating group) is 1. The second-order valence-electron chi connectivity index (χ2n) is 9.60. The Morgan fingerprint density at radius 1 is 0.830 bits per heavy atom. The van der Waals surface area contributed by atoms with Crippen molar-refractivity contribution >= 4 is 55.3 Å². The molecule has 0 fully saturated rings. The summed E-state index contributed by atoms with van der Waals surface area (Å²) in [6, 6.07) is 11.7. The molecule has 0 aliphatic carbocycles.